The molecule has 1 aliphatic rings. The van der Waals surface area contributed by atoms with Crippen molar-refractivity contribution >= 4 is 17.5 Å². The number of Topliss-reactive ketones (excluding diaryl/α,β-unsaturated/α-hetero) is 2. The molecule has 1 unspecified atom stereocenters. The van der Waals surface area contributed by atoms with Crippen molar-refractivity contribution in [3.8, 4) is 0 Å². The van der Waals surface area contributed by atoms with Gasteiger partial charge in [0.15, 0.2) is 0 Å². The number of ketones is 2. The van der Waals surface area contributed by atoms with Crippen molar-refractivity contribution in [3.05, 3.63) is 12.2 Å². The molecular weight excluding hydrogens is 320 g/mol. The van der Waals surface area contributed by atoms with Crippen LogP contribution in [-0.4, -0.2) is 33.9 Å². The Labute approximate surface area is 150 Å². The zero-order chi connectivity index (χ0) is 18.7. The number of rotatable bonds is 13. The number of unbranched alkanes of at least 4 members (excludes halogenated alkanes) is 3. The summed E-state index contributed by atoms with van der Waals surface area (Å²) in [6, 6.07) is 0. The Kier molecular flexibility index (Phi) is 10.3. The van der Waals surface area contributed by atoms with E-state index in [1.165, 1.54) is 0 Å². The van der Waals surface area contributed by atoms with E-state index in [9.17, 15) is 19.5 Å². The fourth-order valence-corrected chi connectivity index (χ4v) is 3.47. The molecule has 1 saturated carbocycles. The highest BCUT2D eigenvalue weighted by Gasteiger charge is 2.40. The van der Waals surface area contributed by atoms with E-state index in [1.54, 1.807) is 0 Å². The topological polar surface area (TPSA) is 91.7 Å². The largest absolute Gasteiger partial charge is 0.481 e. The number of aliphatic hydroxyl groups is 1. The minimum absolute atomic E-state index is 0.0751. The summed E-state index contributed by atoms with van der Waals surface area (Å²) in [5.74, 6) is -0.847. The average molecular weight is 352 g/mol. The van der Waals surface area contributed by atoms with Gasteiger partial charge in [-0.05, 0) is 38.0 Å². The SMILES string of the molecule is CCCCCC(=O)CC[C@H]1C(O)CC(=O)[C@@H]1C/C=C\CCCC(=O)O. The van der Waals surface area contributed by atoms with Gasteiger partial charge in [0.1, 0.15) is 11.6 Å². The van der Waals surface area contributed by atoms with Gasteiger partial charge in [-0.15, -0.1) is 0 Å². The van der Waals surface area contributed by atoms with E-state index in [0.717, 1.165) is 19.3 Å². The molecule has 0 aliphatic heterocycles. The highest BCUT2D eigenvalue weighted by atomic mass is 16.4. The Morgan fingerprint density at radius 2 is 1.88 bits per heavy atom. The number of hydrogen-bond donors (Lipinski definition) is 2. The molecule has 1 rings (SSSR count). The van der Waals surface area contributed by atoms with Crippen LogP contribution in [0.1, 0.15) is 77.6 Å². The number of aliphatic hydroxyl groups excluding tert-OH is 1. The fourth-order valence-electron chi connectivity index (χ4n) is 3.47. The molecular formula is C20H32O5. The maximum atomic E-state index is 12.1. The Balaban J connectivity index is 2.39. The second-order valence-corrected chi connectivity index (χ2v) is 7.04. The van der Waals surface area contributed by atoms with E-state index in [2.05, 4.69) is 6.92 Å². The lowest BCUT2D eigenvalue weighted by molar-refractivity contribution is -0.137. The number of carbonyl (C=O) groups is 3. The minimum Gasteiger partial charge on any atom is -0.481 e. The van der Waals surface area contributed by atoms with E-state index in [-0.39, 0.29) is 36.2 Å². The predicted octanol–water partition coefficient (Wildman–Crippen LogP) is 3.68. The van der Waals surface area contributed by atoms with Crippen LogP contribution in [-0.2, 0) is 14.4 Å². The van der Waals surface area contributed by atoms with Crippen molar-refractivity contribution in [3.63, 3.8) is 0 Å². The normalized spacial score (nSPS) is 23.4. The lowest BCUT2D eigenvalue weighted by Crippen LogP contribution is -2.21. The van der Waals surface area contributed by atoms with Crippen molar-refractivity contribution in [1.82, 2.24) is 0 Å². The van der Waals surface area contributed by atoms with Crippen LogP contribution in [0, 0.1) is 11.8 Å². The molecule has 5 nitrogen and oxygen atoms in total. The summed E-state index contributed by atoms with van der Waals surface area (Å²) < 4.78 is 0. The summed E-state index contributed by atoms with van der Waals surface area (Å²) in [5.41, 5.74) is 0. The van der Waals surface area contributed by atoms with Crippen LogP contribution in [0.4, 0.5) is 0 Å². The number of hydrogen-bond acceptors (Lipinski definition) is 4. The Hall–Kier alpha value is -1.49. The zero-order valence-corrected chi connectivity index (χ0v) is 15.3. The molecule has 2 N–H and O–H groups in total. The quantitative estimate of drug-likeness (QED) is 0.390. The number of carboxylic acids is 1. The number of allylic oxidation sites excluding steroid dienone is 2. The molecule has 25 heavy (non-hydrogen) atoms. The molecule has 0 saturated heterocycles. The molecule has 0 aromatic heterocycles. The lowest BCUT2D eigenvalue weighted by Gasteiger charge is -2.19. The third kappa shape index (κ3) is 8.43. The highest BCUT2D eigenvalue weighted by Crippen LogP contribution is 2.35. The van der Waals surface area contributed by atoms with Gasteiger partial charge in [0.2, 0.25) is 0 Å². The molecule has 3 atom stereocenters. The Morgan fingerprint density at radius 3 is 2.56 bits per heavy atom. The van der Waals surface area contributed by atoms with Gasteiger partial charge in [-0.25, -0.2) is 0 Å². The lowest BCUT2D eigenvalue weighted by atomic mass is 9.86. The third-order valence-corrected chi connectivity index (χ3v) is 4.97. The van der Waals surface area contributed by atoms with Gasteiger partial charge >= 0.3 is 5.97 Å². The van der Waals surface area contributed by atoms with E-state index < -0.39 is 12.1 Å². The van der Waals surface area contributed by atoms with Crippen molar-refractivity contribution < 1.29 is 24.6 Å². The molecule has 0 radical (unpaired) electrons. The first-order valence-corrected chi connectivity index (χ1v) is 9.55. The second-order valence-electron chi connectivity index (χ2n) is 7.04. The summed E-state index contributed by atoms with van der Waals surface area (Å²) in [7, 11) is 0. The van der Waals surface area contributed by atoms with Gasteiger partial charge in [0.05, 0.1) is 6.10 Å². The minimum atomic E-state index is -0.800. The van der Waals surface area contributed by atoms with Gasteiger partial charge in [-0.2, -0.15) is 0 Å². The van der Waals surface area contributed by atoms with Crippen molar-refractivity contribution in [1.29, 1.82) is 0 Å². The first kappa shape index (κ1) is 21.6. The standard InChI is InChI=1S/C20H32O5/c1-2-3-6-9-15(21)12-13-17-16(18(22)14-19(17)23)10-7-4-5-8-11-20(24)25/h4,7,16-17,19,23H,2-3,5-6,8-14H2,1H3,(H,24,25)/b7-4-/t16-,17-,19?/m1/s1. The average Bonchev–Trinajstić information content (AvgIpc) is 2.82. The smallest absolute Gasteiger partial charge is 0.303 e. The molecule has 142 valence electrons. The van der Waals surface area contributed by atoms with Crippen LogP contribution in [0.25, 0.3) is 0 Å². The summed E-state index contributed by atoms with van der Waals surface area (Å²) >= 11 is 0. The molecule has 1 aliphatic carbocycles. The highest BCUT2D eigenvalue weighted by molar-refractivity contribution is 5.84. The van der Waals surface area contributed by atoms with E-state index in [4.69, 9.17) is 5.11 Å². The third-order valence-electron chi connectivity index (χ3n) is 4.97. The van der Waals surface area contributed by atoms with Crippen molar-refractivity contribution in [2.24, 2.45) is 11.8 Å². The number of carbonyl (C=O) groups excluding carboxylic acids is 2. The van der Waals surface area contributed by atoms with E-state index >= 15 is 0 Å². The molecule has 1 fully saturated rings. The van der Waals surface area contributed by atoms with Crippen LogP contribution in [0.15, 0.2) is 12.2 Å². The van der Waals surface area contributed by atoms with Crippen LogP contribution in [0.5, 0.6) is 0 Å². The Morgan fingerprint density at radius 1 is 1.12 bits per heavy atom. The molecule has 5 heteroatoms. The molecule has 0 amide bonds. The molecule has 0 heterocycles. The summed E-state index contributed by atoms with van der Waals surface area (Å²) in [6.45, 7) is 2.10. The number of carboxylic acid groups (broad SMARTS) is 1. The predicted molar refractivity (Wildman–Crippen MR) is 96.2 cm³/mol. The van der Waals surface area contributed by atoms with Crippen molar-refractivity contribution in [2.45, 2.75) is 83.7 Å². The maximum absolute atomic E-state index is 12.1. The summed E-state index contributed by atoms with van der Waals surface area (Å²) in [5, 5.41) is 18.7. The second kappa shape index (κ2) is 12.0. The molecule has 0 spiro atoms. The van der Waals surface area contributed by atoms with Crippen molar-refractivity contribution in [2.75, 3.05) is 0 Å². The number of aliphatic carboxylic acids is 1. The van der Waals surface area contributed by atoms with Crippen LogP contribution < -0.4 is 0 Å². The summed E-state index contributed by atoms with van der Waals surface area (Å²) in [6.07, 6.45) is 10.0. The van der Waals surface area contributed by atoms with Gasteiger partial charge in [-0.1, -0.05) is 31.9 Å². The molecule has 0 aromatic carbocycles. The van der Waals surface area contributed by atoms with Gasteiger partial charge in [0.25, 0.3) is 0 Å². The Bertz CT molecular complexity index is 469. The van der Waals surface area contributed by atoms with Crippen LogP contribution in [0.3, 0.4) is 0 Å². The summed E-state index contributed by atoms with van der Waals surface area (Å²) in [4.78, 5) is 34.5. The van der Waals surface area contributed by atoms with Gasteiger partial charge in [0, 0.05) is 31.6 Å². The van der Waals surface area contributed by atoms with Gasteiger partial charge in [-0.3, -0.25) is 14.4 Å². The molecule has 0 bridgehead atoms. The maximum Gasteiger partial charge on any atom is 0.303 e. The van der Waals surface area contributed by atoms with Gasteiger partial charge < -0.3 is 10.2 Å². The zero-order valence-electron chi connectivity index (χ0n) is 15.3. The fraction of sp³-hybridized carbons (Fsp3) is 0.750. The first-order valence-electron chi connectivity index (χ1n) is 9.55. The molecule has 0 aromatic rings. The monoisotopic (exact) mass is 352 g/mol. The van der Waals surface area contributed by atoms with Crippen LogP contribution in [0.2, 0.25) is 0 Å². The van der Waals surface area contributed by atoms with Crippen LogP contribution >= 0.6 is 0 Å². The van der Waals surface area contributed by atoms with E-state index in [1.807, 2.05) is 12.2 Å². The van der Waals surface area contributed by atoms with E-state index in [0.29, 0.717) is 38.5 Å². The first-order chi connectivity index (χ1) is 12.0.